The van der Waals surface area contributed by atoms with Gasteiger partial charge in [-0.2, -0.15) is 0 Å². The normalized spacial score (nSPS) is 16.4. The predicted molar refractivity (Wildman–Crippen MR) is 61.2 cm³/mol. The molecule has 0 aliphatic carbocycles. The van der Waals surface area contributed by atoms with Crippen LogP contribution in [0, 0.1) is 0 Å². The Morgan fingerprint density at radius 1 is 1.50 bits per heavy atom. The summed E-state index contributed by atoms with van der Waals surface area (Å²) in [6.07, 6.45) is 0. The zero-order valence-electron chi connectivity index (χ0n) is 8.33. The van der Waals surface area contributed by atoms with Crippen molar-refractivity contribution in [2.24, 2.45) is 0 Å². The molecule has 0 amide bonds. The Morgan fingerprint density at radius 2 is 1.92 bits per heavy atom. The van der Waals surface area contributed by atoms with E-state index in [1.54, 1.807) is 0 Å². The van der Waals surface area contributed by atoms with E-state index in [2.05, 4.69) is 0 Å². The van der Waals surface area contributed by atoms with Crippen LogP contribution in [0.25, 0.3) is 0 Å². The summed E-state index contributed by atoms with van der Waals surface area (Å²) >= 11 is 6.24. The molecule has 0 aliphatic rings. The Kier molecular flexibility index (Phi) is 9.80. The van der Waals surface area contributed by atoms with Crippen molar-refractivity contribution in [3.8, 4) is 0 Å². The molecule has 1 N–H and O–H groups in total. The summed E-state index contributed by atoms with van der Waals surface area (Å²) in [5.74, 6) is 0. The van der Waals surface area contributed by atoms with Gasteiger partial charge in [0.05, 0.1) is 6.61 Å². The second-order valence-electron chi connectivity index (χ2n) is 3.09. The topological polar surface area (TPSA) is 29.5 Å². The van der Waals surface area contributed by atoms with Crippen LogP contribution in [0.2, 0.25) is 0 Å². The van der Waals surface area contributed by atoms with Crippen molar-refractivity contribution < 1.29 is 9.42 Å². The SMILES string of the molecule is CCOP(O)(=S)SC(C)(C)C.[K]. The van der Waals surface area contributed by atoms with Crippen LogP contribution < -0.4 is 0 Å². The van der Waals surface area contributed by atoms with E-state index in [0.717, 1.165) is 0 Å². The van der Waals surface area contributed by atoms with Gasteiger partial charge in [-0.25, -0.2) is 0 Å². The van der Waals surface area contributed by atoms with E-state index in [4.69, 9.17) is 16.3 Å². The fraction of sp³-hybridized carbons (Fsp3) is 1.00. The number of hydrogen-bond acceptors (Lipinski definition) is 3. The van der Waals surface area contributed by atoms with Gasteiger partial charge in [-0.05, 0) is 18.7 Å². The molecule has 0 saturated carbocycles. The minimum atomic E-state index is -2.56. The monoisotopic (exact) mass is 253 g/mol. The molecule has 0 aromatic carbocycles. The van der Waals surface area contributed by atoms with Crippen molar-refractivity contribution in [3.63, 3.8) is 0 Å². The van der Waals surface area contributed by atoms with Crippen molar-refractivity contribution in [1.82, 2.24) is 0 Å². The molecule has 0 aliphatic heterocycles. The average molecular weight is 253 g/mol. The molecule has 1 radical (unpaired) electrons. The molecule has 0 saturated heterocycles. The standard InChI is InChI=1S/C6H15O2PS2.K/c1-5-8-9(7,10)11-6(2,3)4;/h5H2,1-4H3,(H,7,10);. The van der Waals surface area contributed by atoms with Gasteiger partial charge in [0.1, 0.15) is 0 Å². The Balaban J connectivity index is 0. The predicted octanol–water partition coefficient (Wildman–Crippen LogP) is 2.39. The van der Waals surface area contributed by atoms with E-state index < -0.39 is 5.69 Å². The summed E-state index contributed by atoms with van der Waals surface area (Å²) in [6, 6.07) is 0. The van der Waals surface area contributed by atoms with Crippen molar-refractivity contribution in [2.75, 3.05) is 6.61 Å². The Morgan fingerprint density at radius 3 is 2.17 bits per heavy atom. The second kappa shape index (κ2) is 6.93. The van der Waals surface area contributed by atoms with Crippen molar-refractivity contribution >= 4 is 80.3 Å². The Bertz CT molecular complexity index is 169. The molecule has 0 rings (SSSR count). The van der Waals surface area contributed by atoms with Gasteiger partial charge in [0.2, 0.25) is 5.69 Å². The van der Waals surface area contributed by atoms with Gasteiger partial charge in [0.25, 0.3) is 0 Å². The van der Waals surface area contributed by atoms with Gasteiger partial charge in [-0.1, -0.05) is 32.2 Å². The number of hydrogen-bond donors (Lipinski definition) is 1. The van der Waals surface area contributed by atoms with Crippen LogP contribution in [0.3, 0.4) is 0 Å². The minimum absolute atomic E-state index is 0. The zero-order chi connectivity index (χ0) is 9.12. The van der Waals surface area contributed by atoms with Crippen LogP contribution in [-0.4, -0.2) is 67.6 Å². The second-order valence-corrected chi connectivity index (χ2v) is 9.90. The molecule has 6 heteroatoms. The first-order valence-electron chi connectivity index (χ1n) is 3.45. The van der Waals surface area contributed by atoms with E-state index in [1.807, 2.05) is 27.7 Å². The molecule has 1 atom stereocenters. The molecule has 69 valence electrons. The summed E-state index contributed by atoms with van der Waals surface area (Å²) < 4.78 is 5.02. The zero-order valence-corrected chi connectivity index (χ0v) is 14.0. The molecular formula is C6H15KO2PS2. The molecule has 0 fully saturated rings. The third kappa shape index (κ3) is 10.6. The first kappa shape index (κ1) is 17.0. The third-order valence-corrected chi connectivity index (χ3v) is 5.68. The maximum absolute atomic E-state index is 9.52. The smallest absolute Gasteiger partial charge is 0.245 e. The maximum atomic E-state index is 9.52. The van der Waals surface area contributed by atoms with Crippen molar-refractivity contribution in [3.05, 3.63) is 0 Å². The minimum Gasteiger partial charge on any atom is -0.337 e. The van der Waals surface area contributed by atoms with E-state index >= 15 is 0 Å². The van der Waals surface area contributed by atoms with Crippen LogP contribution in [0.4, 0.5) is 0 Å². The van der Waals surface area contributed by atoms with Crippen LogP contribution >= 0.6 is 17.1 Å². The molecular weight excluding hydrogens is 238 g/mol. The fourth-order valence-corrected chi connectivity index (χ4v) is 6.49. The van der Waals surface area contributed by atoms with E-state index in [9.17, 15) is 4.89 Å². The van der Waals surface area contributed by atoms with Gasteiger partial charge in [-0.15, -0.1) is 0 Å². The molecule has 12 heavy (non-hydrogen) atoms. The average Bonchev–Trinajstić information content (AvgIpc) is 1.55. The molecule has 0 heterocycles. The van der Waals surface area contributed by atoms with Crippen LogP contribution in [-0.2, 0) is 16.3 Å². The van der Waals surface area contributed by atoms with E-state index in [0.29, 0.717) is 6.61 Å². The van der Waals surface area contributed by atoms with Crippen LogP contribution in [0.1, 0.15) is 27.7 Å². The van der Waals surface area contributed by atoms with E-state index in [1.165, 1.54) is 11.4 Å². The van der Waals surface area contributed by atoms with Gasteiger partial charge in [0, 0.05) is 56.1 Å². The van der Waals surface area contributed by atoms with Gasteiger partial charge >= 0.3 is 0 Å². The summed E-state index contributed by atoms with van der Waals surface area (Å²) in [4.78, 5) is 9.52. The molecule has 0 bridgehead atoms. The summed E-state index contributed by atoms with van der Waals surface area (Å²) in [7, 11) is 0. The van der Waals surface area contributed by atoms with Gasteiger partial charge in [-0.3, -0.25) is 0 Å². The maximum Gasteiger partial charge on any atom is 0.245 e. The van der Waals surface area contributed by atoms with E-state index in [-0.39, 0.29) is 56.1 Å². The Hall–Kier alpha value is 2.56. The quantitative estimate of drug-likeness (QED) is 0.618. The Labute approximate surface area is 127 Å². The first-order chi connectivity index (χ1) is 4.77. The molecule has 2 nitrogen and oxygen atoms in total. The largest absolute Gasteiger partial charge is 0.337 e. The molecule has 0 aromatic heterocycles. The van der Waals surface area contributed by atoms with Crippen LogP contribution in [0.5, 0.6) is 0 Å². The molecule has 0 spiro atoms. The first-order valence-corrected chi connectivity index (χ1v) is 7.54. The summed E-state index contributed by atoms with van der Waals surface area (Å²) in [5, 5.41) is 0. The third-order valence-electron chi connectivity index (χ3n) is 0.681. The van der Waals surface area contributed by atoms with Gasteiger partial charge in [0.15, 0.2) is 0 Å². The fourth-order valence-electron chi connectivity index (χ4n) is 0.536. The summed E-state index contributed by atoms with van der Waals surface area (Å²) in [6.45, 7) is 8.34. The van der Waals surface area contributed by atoms with Crippen LogP contribution in [0.15, 0.2) is 0 Å². The van der Waals surface area contributed by atoms with Crippen molar-refractivity contribution in [1.29, 1.82) is 0 Å². The summed E-state index contributed by atoms with van der Waals surface area (Å²) in [5.41, 5.74) is -2.56. The number of rotatable bonds is 3. The molecule has 1 unspecified atom stereocenters. The van der Waals surface area contributed by atoms with Crippen molar-refractivity contribution in [2.45, 2.75) is 32.4 Å². The molecule has 0 aromatic rings. The van der Waals surface area contributed by atoms with Gasteiger partial charge < -0.3 is 9.42 Å².